The fourth-order valence-electron chi connectivity index (χ4n) is 3.19. The summed E-state index contributed by atoms with van der Waals surface area (Å²) in [6.45, 7) is 3.71. The van der Waals surface area contributed by atoms with Crippen LogP contribution in [0.3, 0.4) is 0 Å². The summed E-state index contributed by atoms with van der Waals surface area (Å²) >= 11 is 0. The Bertz CT molecular complexity index is 887. The molecule has 3 rings (SSSR count). The average Bonchev–Trinajstić information content (AvgIpc) is 3.24. The van der Waals surface area contributed by atoms with Crippen LogP contribution >= 0.6 is 0 Å². The van der Waals surface area contributed by atoms with Gasteiger partial charge in [-0.2, -0.15) is 4.31 Å². The highest BCUT2D eigenvalue weighted by molar-refractivity contribution is 7.89. The molecule has 2 aromatic rings. The van der Waals surface area contributed by atoms with Crippen molar-refractivity contribution >= 4 is 21.6 Å². The van der Waals surface area contributed by atoms with Crippen molar-refractivity contribution in [3.05, 3.63) is 54.1 Å². The van der Waals surface area contributed by atoms with E-state index < -0.39 is 10.0 Å². The van der Waals surface area contributed by atoms with Gasteiger partial charge in [0.15, 0.2) is 0 Å². The molecule has 1 N–H and O–H groups in total. The van der Waals surface area contributed by atoms with Crippen molar-refractivity contribution in [2.75, 3.05) is 25.0 Å². The first kappa shape index (κ1) is 20.4. The number of carbonyl (C=O) groups excluding carboxylic acids is 1. The number of rotatable bonds is 8. The predicted octanol–water partition coefficient (Wildman–Crippen LogP) is 3.44. The van der Waals surface area contributed by atoms with Gasteiger partial charge in [-0.1, -0.05) is 12.1 Å². The Hall–Kier alpha value is -2.38. The van der Waals surface area contributed by atoms with Gasteiger partial charge in [-0.05, 0) is 68.1 Å². The average molecular weight is 403 g/mol. The molecule has 150 valence electrons. The van der Waals surface area contributed by atoms with Crippen LogP contribution in [0.4, 0.5) is 5.69 Å². The van der Waals surface area contributed by atoms with Gasteiger partial charge in [0, 0.05) is 25.2 Å². The molecule has 0 saturated carbocycles. The maximum Gasteiger partial charge on any atom is 0.243 e. The van der Waals surface area contributed by atoms with Gasteiger partial charge in [0.25, 0.3) is 0 Å². The van der Waals surface area contributed by atoms with Crippen molar-refractivity contribution in [3.8, 4) is 5.75 Å². The summed E-state index contributed by atoms with van der Waals surface area (Å²) in [5.74, 6) is 0.683. The Morgan fingerprint density at radius 2 is 1.68 bits per heavy atom. The van der Waals surface area contributed by atoms with E-state index in [-0.39, 0.29) is 5.91 Å². The van der Waals surface area contributed by atoms with Crippen LogP contribution in [0.5, 0.6) is 5.75 Å². The second-order valence-corrected chi connectivity index (χ2v) is 8.70. The molecule has 0 aromatic heterocycles. The number of nitrogens with one attached hydrogen (secondary N) is 1. The minimum atomic E-state index is -3.39. The summed E-state index contributed by atoms with van der Waals surface area (Å²) in [7, 11) is -3.39. The standard InChI is InChI=1S/C21H26N2O4S/c1-2-27-19-10-8-18(9-11-19)22-21(24)14-7-17-5-12-20(13-6-17)28(25,26)23-15-3-4-16-23/h5-6,8-13H,2-4,7,14-16H2,1H3,(H,22,24). The Labute approximate surface area is 166 Å². The molecule has 0 unspecified atom stereocenters. The molecule has 1 fully saturated rings. The number of nitrogens with zero attached hydrogens (tertiary/aromatic N) is 1. The molecule has 28 heavy (non-hydrogen) atoms. The Morgan fingerprint density at radius 3 is 2.29 bits per heavy atom. The molecule has 0 bridgehead atoms. The normalized spacial score (nSPS) is 14.8. The molecule has 1 heterocycles. The Morgan fingerprint density at radius 1 is 1.04 bits per heavy atom. The lowest BCUT2D eigenvalue weighted by molar-refractivity contribution is -0.116. The van der Waals surface area contributed by atoms with Gasteiger partial charge in [0.1, 0.15) is 5.75 Å². The van der Waals surface area contributed by atoms with E-state index in [1.165, 1.54) is 4.31 Å². The third-order valence-corrected chi connectivity index (χ3v) is 6.63. The van der Waals surface area contributed by atoms with E-state index in [2.05, 4.69) is 5.32 Å². The van der Waals surface area contributed by atoms with E-state index >= 15 is 0 Å². The number of hydrogen-bond donors (Lipinski definition) is 1. The number of hydrogen-bond acceptors (Lipinski definition) is 4. The van der Waals surface area contributed by atoms with Crippen LogP contribution in [0.2, 0.25) is 0 Å². The number of anilines is 1. The molecule has 1 aliphatic heterocycles. The maximum atomic E-state index is 12.5. The summed E-state index contributed by atoms with van der Waals surface area (Å²) in [4.78, 5) is 12.5. The van der Waals surface area contributed by atoms with Crippen molar-refractivity contribution in [2.45, 2.75) is 37.5 Å². The minimum absolute atomic E-state index is 0.0853. The number of amides is 1. The van der Waals surface area contributed by atoms with E-state index in [4.69, 9.17) is 4.74 Å². The van der Waals surface area contributed by atoms with Crippen molar-refractivity contribution < 1.29 is 17.9 Å². The topological polar surface area (TPSA) is 75.7 Å². The van der Waals surface area contributed by atoms with E-state index in [1.54, 1.807) is 36.4 Å². The number of aryl methyl sites for hydroxylation is 1. The molecule has 1 amide bonds. The molecule has 1 saturated heterocycles. The van der Waals surface area contributed by atoms with Gasteiger partial charge in [-0.15, -0.1) is 0 Å². The number of sulfonamides is 1. The largest absolute Gasteiger partial charge is 0.494 e. The lowest BCUT2D eigenvalue weighted by atomic mass is 10.1. The lowest BCUT2D eigenvalue weighted by Crippen LogP contribution is -2.27. The van der Waals surface area contributed by atoms with Gasteiger partial charge in [-0.25, -0.2) is 8.42 Å². The Kier molecular flexibility index (Phi) is 6.70. The van der Waals surface area contributed by atoms with E-state index in [0.29, 0.717) is 37.4 Å². The van der Waals surface area contributed by atoms with Crippen LogP contribution in [-0.4, -0.2) is 38.3 Å². The fraction of sp³-hybridized carbons (Fsp3) is 0.381. The summed E-state index contributed by atoms with van der Waals surface area (Å²) in [6.07, 6.45) is 2.71. The first-order chi connectivity index (χ1) is 13.5. The highest BCUT2D eigenvalue weighted by Crippen LogP contribution is 2.21. The maximum absolute atomic E-state index is 12.5. The van der Waals surface area contributed by atoms with Crippen molar-refractivity contribution in [1.29, 1.82) is 0 Å². The van der Waals surface area contributed by atoms with Crippen LogP contribution in [0, 0.1) is 0 Å². The highest BCUT2D eigenvalue weighted by Gasteiger charge is 2.26. The van der Waals surface area contributed by atoms with E-state index in [0.717, 1.165) is 29.8 Å². The van der Waals surface area contributed by atoms with Crippen molar-refractivity contribution in [1.82, 2.24) is 4.31 Å². The summed E-state index contributed by atoms with van der Waals surface area (Å²) in [5, 5.41) is 2.86. The molecule has 2 aromatic carbocycles. The third-order valence-electron chi connectivity index (χ3n) is 4.72. The first-order valence-corrected chi connectivity index (χ1v) is 11.0. The molecule has 0 aliphatic carbocycles. The number of carbonyl (C=O) groups is 1. The van der Waals surface area contributed by atoms with E-state index in [1.807, 2.05) is 19.1 Å². The molecule has 6 nitrogen and oxygen atoms in total. The van der Waals surface area contributed by atoms with Gasteiger partial charge in [0.2, 0.25) is 15.9 Å². The third kappa shape index (κ3) is 5.11. The summed E-state index contributed by atoms with van der Waals surface area (Å²) < 4.78 is 32.0. The predicted molar refractivity (Wildman–Crippen MR) is 109 cm³/mol. The van der Waals surface area contributed by atoms with Gasteiger partial charge < -0.3 is 10.1 Å². The molecule has 7 heteroatoms. The first-order valence-electron chi connectivity index (χ1n) is 9.61. The molecule has 0 radical (unpaired) electrons. The fourth-order valence-corrected chi connectivity index (χ4v) is 4.71. The van der Waals surface area contributed by atoms with Gasteiger partial charge in [-0.3, -0.25) is 4.79 Å². The molecular weight excluding hydrogens is 376 g/mol. The smallest absolute Gasteiger partial charge is 0.243 e. The van der Waals surface area contributed by atoms with Crippen LogP contribution in [0.15, 0.2) is 53.4 Å². The summed E-state index contributed by atoms with van der Waals surface area (Å²) in [6, 6.07) is 14.1. The highest BCUT2D eigenvalue weighted by atomic mass is 32.2. The SMILES string of the molecule is CCOc1ccc(NC(=O)CCc2ccc(S(=O)(=O)N3CCCC3)cc2)cc1. The Balaban J connectivity index is 1.52. The monoisotopic (exact) mass is 402 g/mol. The molecule has 0 spiro atoms. The molecular formula is C21H26N2O4S. The second kappa shape index (κ2) is 9.21. The zero-order valence-electron chi connectivity index (χ0n) is 16.1. The lowest BCUT2D eigenvalue weighted by Gasteiger charge is -2.15. The van der Waals surface area contributed by atoms with Crippen molar-refractivity contribution in [2.24, 2.45) is 0 Å². The van der Waals surface area contributed by atoms with Crippen LogP contribution in [0.25, 0.3) is 0 Å². The van der Waals surface area contributed by atoms with Crippen LogP contribution < -0.4 is 10.1 Å². The van der Waals surface area contributed by atoms with Crippen molar-refractivity contribution in [3.63, 3.8) is 0 Å². The zero-order valence-corrected chi connectivity index (χ0v) is 16.9. The zero-order chi connectivity index (χ0) is 20.0. The second-order valence-electron chi connectivity index (χ2n) is 6.76. The quantitative estimate of drug-likeness (QED) is 0.734. The van der Waals surface area contributed by atoms with Gasteiger partial charge >= 0.3 is 0 Å². The van der Waals surface area contributed by atoms with Gasteiger partial charge in [0.05, 0.1) is 11.5 Å². The number of ether oxygens (including phenoxy) is 1. The summed E-state index contributed by atoms with van der Waals surface area (Å²) in [5.41, 5.74) is 1.66. The van der Waals surface area contributed by atoms with E-state index in [9.17, 15) is 13.2 Å². The molecule has 0 atom stereocenters. The van der Waals surface area contributed by atoms with Crippen LogP contribution in [-0.2, 0) is 21.2 Å². The minimum Gasteiger partial charge on any atom is -0.494 e. The molecule has 1 aliphatic rings. The number of benzene rings is 2. The van der Waals surface area contributed by atoms with Crippen LogP contribution in [0.1, 0.15) is 31.7 Å².